The highest BCUT2D eigenvalue weighted by Crippen LogP contribution is 2.24. The molecule has 0 radical (unpaired) electrons. The predicted octanol–water partition coefficient (Wildman–Crippen LogP) is 5.66. The van der Waals surface area contributed by atoms with Crippen LogP contribution in [0.4, 0.5) is 11.4 Å². The van der Waals surface area contributed by atoms with Crippen LogP contribution < -0.4 is 10.6 Å². The van der Waals surface area contributed by atoms with Gasteiger partial charge in [-0.2, -0.15) is 5.26 Å². The lowest BCUT2D eigenvalue weighted by molar-refractivity contribution is 0.101. The zero-order valence-electron chi connectivity index (χ0n) is 18.3. The molecule has 32 heavy (non-hydrogen) atoms. The lowest BCUT2D eigenvalue weighted by Crippen LogP contribution is -2.18. The Balaban J connectivity index is 1.80. The summed E-state index contributed by atoms with van der Waals surface area (Å²) in [5.74, 6) is -0.645. The van der Waals surface area contributed by atoms with Gasteiger partial charge in [-0.1, -0.05) is 29.8 Å². The number of benzene rings is 2. The molecule has 1 aromatic heterocycles. The summed E-state index contributed by atoms with van der Waals surface area (Å²) in [6, 6.07) is 16.1. The van der Waals surface area contributed by atoms with Gasteiger partial charge in [0.2, 0.25) is 0 Å². The van der Waals surface area contributed by atoms with Crippen molar-refractivity contribution in [3.8, 4) is 6.07 Å². The molecule has 0 atom stereocenters. The number of nitriles is 1. The highest BCUT2D eigenvalue weighted by atomic mass is 35.5. The quantitative estimate of drug-likeness (QED) is 0.494. The average molecular weight is 447 g/mol. The van der Waals surface area contributed by atoms with E-state index in [-0.39, 0.29) is 11.8 Å². The third-order valence-electron chi connectivity index (χ3n) is 5.14. The molecule has 2 amide bonds. The molecule has 0 bridgehead atoms. The van der Waals surface area contributed by atoms with Crippen LogP contribution in [0.5, 0.6) is 0 Å². The summed E-state index contributed by atoms with van der Waals surface area (Å²) >= 11 is 5.94. The number of anilines is 2. The van der Waals surface area contributed by atoms with Crippen LogP contribution in [0.15, 0.2) is 54.7 Å². The van der Waals surface area contributed by atoms with Crippen molar-refractivity contribution >= 4 is 34.8 Å². The monoisotopic (exact) mass is 446 g/mol. The van der Waals surface area contributed by atoms with E-state index in [1.54, 1.807) is 63.2 Å². The maximum Gasteiger partial charge on any atom is 0.256 e. The van der Waals surface area contributed by atoms with E-state index in [4.69, 9.17) is 11.6 Å². The molecule has 162 valence electrons. The summed E-state index contributed by atoms with van der Waals surface area (Å²) < 4.78 is 0. The van der Waals surface area contributed by atoms with Gasteiger partial charge >= 0.3 is 0 Å². The highest BCUT2D eigenvalue weighted by Gasteiger charge is 2.21. The molecule has 3 aromatic rings. The van der Waals surface area contributed by atoms with Crippen molar-refractivity contribution in [1.29, 1.82) is 5.26 Å². The topological polar surface area (TPSA) is 94.9 Å². The van der Waals surface area contributed by atoms with Crippen LogP contribution in [0.2, 0.25) is 5.15 Å². The second-order valence-corrected chi connectivity index (χ2v) is 8.45. The SMILES string of the molecule is Cc1ccc(NC(=O)c2cccc(C(C)(C)C#N)c2)cc1C(=O)Nc1cnc(Cl)c(C)c1. The summed E-state index contributed by atoms with van der Waals surface area (Å²) in [4.78, 5) is 29.6. The minimum absolute atomic E-state index is 0.320. The van der Waals surface area contributed by atoms with Crippen LogP contribution in [0, 0.1) is 25.2 Å². The number of aromatic nitrogens is 1. The zero-order valence-corrected chi connectivity index (χ0v) is 19.0. The van der Waals surface area contributed by atoms with E-state index in [0.29, 0.717) is 27.7 Å². The van der Waals surface area contributed by atoms with Crippen LogP contribution in [0.3, 0.4) is 0 Å². The second-order valence-electron chi connectivity index (χ2n) is 8.09. The van der Waals surface area contributed by atoms with Gasteiger partial charge in [-0.25, -0.2) is 4.98 Å². The second kappa shape index (κ2) is 9.21. The van der Waals surface area contributed by atoms with E-state index >= 15 is 0 Å². The Morgan fingerprint density at radius 3 is 2.38 bits per heavy atom. The first kappa shape index (κ1) is 23.0. The molecule has 0 aliphatic heterocycles. The molecule has 0 spiro atoms. The number of nitrogens with zero attached hydrogens (tertiary/aromatic N) is 2. The Kier molecular flexibility index (Phi) is 6.61. The lowest BCUT2D eigenvalue weighted by atomic mass is 9.85. The highest BCUT2D eigenvalue weighted by molar-refractivity contribution is 6.30. The fourth-order valence-electron chi connectivity index (χ4n) is 3.09. The lowest BCUT2D eigenvalue weighted by Gasteiger charge is -2.16. The van der Waals surface area contributed by atoms with E-state index in [1.165, 1.54) is 6.20 Å². The van der Waals surface area contributed by atoms with Crippen LogP contribution >= 0.6 is 11.6 Å². The van der Waals surface area contributed by atoms with Crippen molar-refractivity contribution in [2.24, 2.45) is 0 Å². The minimum atomic E-state index is -0.708. The van der Waals surface area contributed by atoms with E-state index in [9.17, 15) is 14.9 Å². The number of pyridine rings is 1. The Bertz CT molecular complexity index is 1240. The third-order valence-corrected chi connectivity index (χ3v) is 5.53. The van der Waals surface area contributed by atoms with Gasteiger partial charge in [0.05, 0.1) is 23.4 Å². The summed E-state index contributed by atoms with van der Waals surface area (Å²) in [6.07, 6.45) is 1.49. The number of rotatable bonds is 5. The number of halogens is 1. The van der Waals surface area contributed by atoms with Crippen molar-refractivity contribution in [3.63, 3.8) is 0 Å². The summed E-state index contributed by atoms with van der Waals surface area (Å²) in [7, 11) is 0. The molecule has 1 heterocycles. The molecule has 3 rings (SSSR count). The Labute approximate surface area is 192 Å². The minimum Gasteiger partial charge on any atom is -0.322 e. The molecular formula is C25H23ClN4O2. The van der Waals surface area contributed by atoms with Crippen molar-refractivity contribution in [2.45, 2.75) is 33.1 Å². The largest absolute Gasteiger partial charge is 0.322 e. The molecule has 2 aromatic carbocycles. The van der Waals surface area contributed by atoms with Gasteiger partial charge in [0.25, 0.3) is 11.8 Å². The maximum atomic E-state index is 12.8. The van der Waals surface area contributed by atoms with Gasteiger partial charge in [0, 0.05) is 16.8 Å². The molecule has 7 heteroatoms. The molecule has 6 nitrogen and oxygen atoms in total. The first-order valence-electron chi connectivity index (χ1n) is 9.98. The number of amides is 2. The van der Waals surface area contributed by atoms with E-state index < -0.39 is 5.41 Å². The van der Waals surface area contributed by atoms with Gasteiger partial charge in [-0.15, -0.1) is 0 Å². The average Bonchev–Trinajstić information content (AvgIpc) is 2.77. The standard InChI is InChI=1S/C25H23ClN4O2/c1-15-8-9-19(12-21(15)24(32)30-20-10-16(2)22(26)28-13-20)29-23(31)17-6-5-7-18(11-17)25(3,4)14-27/h5-13H,1-4H3,(H,29,31)(H,30,32). The first-order chi connectivity index (χ1) is 15.1. The molecular weight excluding hydrogens is 424 g/mol. The summed E-state index contributed by atoms with van der Waals surface area (Å²) in [5.41, 5.74) is 3.43. The van der Waals surface area contributed by atoms with E-state index in [0.717, 1.165) is 16.7 Å². The van der Waals surface area contributed by atoms with E-state index in [2.05, 4.69) is 21.7 Å². The molecule has 0 saturated heterocycles. The Morgan fingerprint density at radius 2 is 1.69 bits per heavy atom. The van der Waals surface area contributed by atoms with Crippen LogP contribution in [-0.4, -0.2) is 16.8 Å². The van der Waals surface area contributed by atoms with Crippen molar-refractivity contribution in [2.75, 3.05) is 10.6 Å². The predicted molar refractivity (Wildman–Crippen MR) is 126 cm³/mol. The van der Waals surface area contributed by atoms with Crippen molar-refractivity contribution in [1.82, 2.24) is 4.98 Å². The van der Waals surface area contributed by atoms with Crippen molar-refractivity contribution in [3.05, 3.63) is 87.7 Å². The van der Waals surface area contributed by atoms with Crippen molar-refractivity contribution < 1.29 is 9.59 Å². The van der Waals surface area contributed by atoms with E-state index in [1.807, 2.05) is 13.0 Å². The zero-order chi connectivity index (χ0) is 23.5. The number of nitrogens with one attached hydrogen (secondary N) is 2. The van der Waals surface area contributed by atoms with Gasteiger partial charge < -0.3 is 10.6 Å². The number of carbonyl (C=O) groups is 2. The van der Waals surface area contributed by atoms with Crippen LogP contribution in [0.1, 0.15) is 51.3 Å². The molecule has 0 aliphatic rings. The van der Waals surface area contributed by atoms with Crippen LogP contribution in [0.25, 0.3) is 0 Å². The molecule has 0 fully saturated rings. The van der Waals surface area contributed by atoms with Gasteiger partial charge in [-0.3, -0.25) is 9.59 Å². The Morgan fingerprint density at radius 1 is 0.969 bits per heavy atom. The fourth-order valence-corrected chi connectivity index (χ4v) is 3.19. The normalized spacial score (nSPS) is 10.9. The number of hydrogen-bond acceptors (Lipinski definition) is 4. The third kappa shape index (κ3) is 5.13. The van der Waals surface area contributed by atoms with Gasteiger partial charge in [-0.05, 0) is 74.7 Å². The smallest absolute Gasteiger partial charge is 0.256 e. The summed E-state index contributed by atoms with van der Waals surface area (Å²) in [5, 5.41) is 15.4. The number of aryl methyl sites for hydroxylation is 2. The molecule has 2 N–H and O–H groups in total. The molecule has 0 unspecified atom stereocenters. The number of hydrogen-bond donors (Lipinski definition) is 2. The fraction of sp³-hybridized carbons (Fsp3) is 0.200. The van der Waals surface area contributed by atoms with Gasteiger partial charge in [0.1, 0.15) is 5.15 Å². The molecule has 0 saturated carbocycles. The van der Waals surface area contributed by atoms with Gasteiger partial charge in [0.15, 0.2) is 0 Å². The van der Waals surface area contributed by atoms with Crippen LogP contribution in [-0.2, 0) is 5.41 Å². The first-order valence-corrected chi connectivity index (χ1v) is 10.4. The number of carbonyl (C=O) groups excluding carboxylic acids is 2. The molecule has 0 aliphatic carbocycles. The summed E-state index contributed by atoms with van der Waals surface area (Å²) in [6.45, 7) is 7.22. The Hall–Kier alpha value is -3.69. The maximum absolute atomic E-state index is 12.8.